The van der Waals surface area contributed by atoms with E-state index < -0.39 is 5.92 Å². The van der Waals surface area contributed by atoms with Gasteiger partial charge < -0.3 is 9.84 Å². The fraction of sp³-hybridized carbons (Fsp3) is 0.286. The Hall–Kier alpha value is -2.10. The Labute approximate surface area is 106 Å². The van der Waals surface area contributed by atoms with E-state index in [0.29, 0.717) is 11.3 Å². The molecule has 0 aliphatic rings. The van der Waals surface area contributed by atoms with E-state index in [-0.39, 0.29) is 17.3 Å². The highest BCUT2D eigenvalue weighted by Crippen LogP contribution is 2.26. The van der Waals surface area contributed by atoms with Gasteiger partial charge in [-0.25, -0.2) is 0 Å². The number of allylic oxidation sites excluding steroid dienone is 1. The van der Waals surface area contributed by atoms with Gasteiger partial charge in [0.15, 0.2) is 17.3 Å². The molecule has 0 spiro atoms. The van der Waals surface area contributed by atoms with Crippen molar-refractivity contribution in [2.24, 2.45) is 5.92 Å². The number of methoxy groups -OCH3 is 1. The van der Waals surface area contributed by atoms with Gasteiger partial charge >= 0.3 is 0 Å². The molecule has 0 aliphatic heterocycles. The minimum atomic E-state index is -0.625. The lowest BCUT2D eigenvalue weighted by Gasteiger charge is -2.04. The van der Waals surface area contributed by atoms with Gasteiger partial charge in [-0.3, -0.25) is 9.59 Å². The number of phenolic OH excluding ortho intramolecular Hbond substituents is 1. The van der Waals surface area contributed by atoms with Gasteiger partial charge in [0, 0.05) is 0 Å². The van der Waals surface area contributed by atoms with Gasteiger partial charge in [-0.05, 0) is 37.6 Å². The van der Waals surface area contributed by atoms with Crippen molar-refractivity contribution in [2.45, 2.75) is 13.8 Å². The van der Waals surface area contributed by atoms with Crippen molar-refractivity contribution in [1.82, 2.24) is 0 Å². The number of aromatic hydroxyl groups is 1. The molecule has 0 aromatic heterocycles. The Balaban J connectivity index is 2.85. The average molecular weight is 248 g/mol. The van der Waals surface area contributed by atoms with Crippen molar-refractivity contribution in [2.75, 3.05) is 7.11 Å². The molecule has 4 heteroatoms. The number of ketones is 2. The highest BCUT2D eigenvalue weighted by molar-refractivity contribution is 6.07. The summed E-state index contributed by atoms with van der Waals surface area (Å²) in [5.41, 5.74) is 0.716. The molecule has 96 valence electrons. The van der Waals surface area contributed by atoms with Crippen LogP contribution < -0.4 is 4.74 Å². The molecule has 0 heterocycles. The fourth-order valence-corrected chi connectivity index (χ4v) is 1.32. The largest absolute Gasteiger partial charge is 0.504 e. The average Bonchev–Trinajstić information content (AvgIpc) is 2.36. The van der Waals surface area contributed by atoms with E-state index in [1.807, 2.05) is 0 Å². The number of benzene rings is 1. The van der Waals surface area contributed by atoms with Gasteiger partial charge in [-0.1, -0.05) is 12.1 Å². The first-order chi connectivity index (χ1) is 8.45. The molecule has 0 fully saturated rings. The maximum absolute atomic E-state index is 11.6. The Kier molecular flexibility index (Phi) is 4.66. The molecule has 1 rings (SSSR count). The quantitative estimate of drug-likeness (QED) is 0.641. The molecule has 1 aromatic rings. The third-order valence-electron chi connectivity index (χ3n) is 2.68. The Morgan fingerprint density at radius 1 is 1.39 bits per heavy atom. The second-order valence-corrected chi connectivity index (χ2v) is 4.00. The van der Waals surface area contributed by atoms with Crippen LogP contribution in [0.25, 0.3) is 6.08 Å². The van der Waals surface area contributed by atoms with E-state index in [1.54, 1.807) is 25.1 Å². The van der Waals surface area contributed by atoms with Crippen LogP contribution >= 0.6 is 0 Å². The van der Waals surface area contributed by atoms with Crippen LogP contribution in [-0.4, -0.2) is 23.8 Å². The van der Waals surface area contributed by atoms with Crippen LogP contribution in [0.3, 0.4) is 0 Å². The van der Waals surface area contributed by atoms with Gasteiger partial charge in [0.05, 0.1) is 13.0 Å². The summed E-state index contributed by atoms with van der Waals surface area (Å²) in [4.78, 5) is 22.6. The number of hydrogen-bond donors (Lipinski definition) is 1. The SMILES string of the molecule is COc1cc(/C=C/C(=O)C(C)C(C)=O)ccc1O. The minimum absolute atomic E-state index is 0.0399. The van der Waals surface area contributed by atoms with Crippen LogP contribution in [0.1, 0.15) is 19.4 Å². The summed E-state index contributed by atoms with van der Waals surface area (Å²) >= 11 is 0. The molecular weight excluding hydrogens is 232 g/mol. The van der Waals surface area contributed by atoms with Crippen LogP contribution in [0, 0.1) is 5.92 Å². The molecule has 18 heavy (non-hydrogen) atoms. The molecule has 1 atom stereocenters. The third-order valence-corrected chi connectivity index (χ3v) is 2.68. The van der Waals surface area contributed by atoms with Crippen molar-refractivity contribution in [3.8, 4) is 11.5 Å². The van der Waals surface area contributed by atoms with Gasteiger partial charge in [-0.2, -0.15) is 0 Å². The van der Waals surface area contributed by atoms with Crippen LogP contribution in [0.5, 0.6) is 11.5 Å². The molecule has 1 aromatic carbocycles. The van der Waals surface area contributed by atoms with E-state index in [0.717, 1.165) is 0 Å². The molecule has 0 aliphatic carbocycles. The van der Waals surface area contributed by atoms with Gasteiger partial charge in [0.1, 0.15) is 5.78 Å². The fourth-order valence-electron chi connectivity index (χ4n) is 1.32. The second kappa shape index (κ2) is 6.00. The molecule has 0 bridgehead atoms. The summed E-state index contributed by atoms with van der Waals surface area (Å²) in [5.74, 6) is -0.648. The first kappa shape index (κ1) is 14.0. The molecular formula is C14H16O4. The van der Waals surface area contributed by atoms with Crippen molar-refractivity contribution in [3.63, 3.8) is 0 Å². The van der Waals surface area contributed by atoms with Crippen LogP contribution in [-0.2, 0) is 9.59 Å². The molecule has 0 saturated carbocycles. The molecule has 4 nitrogen and oxygen atoms in total. The second-order valence-electron chi connectivity index (χ2n) is 4.00. The highest BCUT2D eigenvalue weighted by atomic mass is 16.5. The summed E-state index contributed by atoms with van der Waals surface area (Å²) in [6.45, 7) is 2.96. The first-order valence-electron chi connectivity index (χ1n) is 5.55. The number of phenols is 1. The number of carbonyl (C=O) groups excluding carboxylic acids is 2. The summed E-state index contributed by atoms with van der Waals surface area (Å²) in [5, 5.41) is 9.41. The van der Waals surface area contributed by atoms with Crippen molar-refractivity contribution in [3.05, 3.63) is 29.8 Å². The van der Waals surface area contributed by atoms with Crippen molar-refractivity contribution < 1.29 is 19.4 Å². The summed E-state index contributed by atoms with van der Waals surface area (Å²) in [7, 11) is 1.45. The number of ether oxygens (including phenoxy) is 1. The van der Waals surface area contributed by atoms with Crippen molar-refractivity contribution in [1.29, 1.82) is 0 Å². The maximum Gasteiger partial charge on any atom is 0.165 e. The van der Waals surface area contributed by atoms with Crippen LogP contribution in [0.15, 0.2) is 24.3 Å². The number of carbonyl (C=O) groups is 2. The van der Waals surface area contributed by atoms with E-state index in [2.05, 4.69) is 0 Å². The van der Waals surface area contributed by atoms with E-state index >= 15 is 0 Å². The highest BCUT2D eigenvalue weighted by Gasteiger charge is 2.14. The monoisotopic (exact) mass is 248 g/mol. The van der Waals surface area contributed by atoms with Gasteiger partial charge in [-0.15, -0.1) is 0 Å². The zero-order valence-corrected chi connectivity index (χ0v) is 10.6. The topological polar surface area (TPSA) is 63.6 Å². The molecule has 1 N–H and O–H groups in total. The maximum atomic E-state index is 11.6. The predicted molar refractivity (Wildman–Crippen MR) is 68.5 cm³/mol. The zero-order chi connectivity index (χ0) is 13.7. The molecule has 1 unspecified atom stereocenters. The normalized spacial score (nSPS) is 12.4. The van der Waals surface area contributed by atoms with Gasteiger partial charge in [0.2, 0.25) is 0 Å². The van der Waals surface area contributed by atoms with Crippen LogP contribution in [0.2, 0.25) is 0 Å². The van der Waals surface area contributed by atoms with E-state index in [1.165, 1.54) is 26.2 Å². The van der Waals surface area contributed by atoms with E-state index in [9.17, 15) is 14.7 Å². The molecule has 0 amide bonds. The van der Waals surface area contributed by atoms with Crippen LogP contribution in [0.4, 0.5) is 0 Å². The van der Waals surface area contributed by atoms with Gasteiger partial charge in [0.25, 0.3) is 0 Å². The number of rotatable bonds is 5. The smallest absolute Gasteiger partial charge is 0.165 e. The summed E-state index contributed by atoms with van der Waals surface area (Å²) in [6, 6.07) is 4.75. The van der Waals surface area contributed by atoms with Crippen molar-refractivity contribution >= 4 is 17.6 Å². The number of Topliss-reactive ketones (excluding diaryl/α,β-unsaturated/α-hetero) is 1. The first-order valence-corrected chi connectivity index (χ1v) is 5.55. The lowest BCUT2D eigenvalue weighted by Crippen LogP contribution is -2.15. The lowest BCUT2D eigenvalue weighted by molar-refractivity contribution is -0.128. The Bertz CT molecular complexity index is 489. The molecule has 0 radical (unpaired) electrons. The van der Waals surface area contributed by atoms with E-state index in [4.69, 9.17) is 4.74 Å². The number of hydrogen-bond acceptors (Lipinski definition) is 4. The standard InChI is InChI=1S/C14H16O4/c1-9(10(2)15)12(16)6-4-11-5-7-13(17)14(8-11)18-3/h4-9,17H,1-3H3/b6-4+. The Morgan fingerprint density at radius 2 is 2.06 bits per heavy atom. The summed E-state index contributed by atoms with van der Waals surface area (Å²) in [6.07, 6.45) is 2.95. The molecule has 0 saturated heterocycles. The lowest BCUT2D eigenvalue weighted by atomic mass is 10.0. The predicted octanol–water partition coefficient (Wildman–Crippen LogP) is 2.21. The third kappa shape index (κ3) is 3.45. The Morgan fingerprint density at radius 3 is 2.61 bits per heavy atom. The summed E-state index contributed by atoms with van der Waals surface area (Å²) < 4.78 is 4.96. The minimum Gasteiger partial charge on any atom is -0.504 e. The zero-order valence-electron chi connectivity index (χ0n) is 10.6.